The van der Waals surface area contributed by atoms with E-state index >= 15 is 0 Å². The molecule has 3 fully saturated rings. The first kappa shape index (κ1) is 12.9. The molecule has 3 nitrogen and oxygen atoms in total. The molecule has 0 aliphatic carbocycles. The van der Waals surface area contributed by atoms with Crippen LogP contribution in [0.25, 0.3) is 0 Å². The van der Waals surface area contributed by atoms with Gasteiger partial charge in [-0.2, -0.15) is 11.8 Å². The summed E-state index contributed by atoms with van der Waals surface area (Å²) in [4.78, 5) is 12.6. The monoisotopic (exact) mass is 270 g/mol. The van der Waals surface area contributed by atoms with Crippen molar-refractivity contribution in [2.45, 2.75) is 44.3 Å². The van der Waals surface area contributed by atoms with E-state index in [-0.39, 0.29) is 17.6 Å². The van der Waals surface area contributed by atoms with Crippen molar-refractivity contribution in [2.75, 3.05) is 24.7 Å². The minimum Gasteiger partial charge on any atom is -0.374 e. The summed E-state index contributed by atoms with van der Waals surface area (Å²) < 4.78 is 11.6. The zero-order valence-corrected chi connectivity index (χ0v) is 11.8. The second kappa shape index (κ2) is 5.14. The van der Waals surface area contributed by atoms with Gasteiger partial charge in [0.15, 0.2) is 5.78 Å². The zero-order valence-electron chi connectivity index (χ0n) is 11.0. The molecule has 0 aromatic carbocycles. The number of carbonyl (C=O) groups is 1. The van der Waals surface area contributed by atoms with Crippen LogP contribution in [0, 0.1) is 11.8 Å². The predicted molar refractivity (Wildman–Crippen MR) is 71.9 cm³/mol. The number of rotatable bonds is 2. The van der Waals surface area contributed by atoms with Crippen LogP contribution in [0.4, 0.5) is 0 Å². The number of hydrogen-bond acceptors (Lipinski definition) is 4. The maximum atomic E-state index is 12.6. The molecule has 18 heavy (non-hydrogen) atoms. The molecule has 4 unspecified atom stereocenters. The van der Waals surface area contributed by atoms with E-state index in [0.717, 1.165) is 44.6 Å². The SMILES string of the molecule is CC1CCOC1C(=O)C1CCOC2(CCSC2)C1. The summed E-state index contributed by atoms with van der Waals surface area (Å²) in [5, 5.41) is 0. The first-order chi connectivity index (χ1) is 8.70. The van der Waals surface area contributed by atoms with Gasteiger partial charge >= 0.3 is 0 Å². The number of ketones is 1. The zero-order chi connectivity index (χ0) is 12.6. The van der Waals surface area contributed by atoms with Crippen LogP contribution >= 0.6 is 11.8 Å². The number of ether oxygens (including phenoxy) is 2. The molecule has 4 heteroatoms. The van der Waals surface area contributed by atoms with E-state index in [2.05, 4.69) is 6.92 Å². The quantitative estimate of drug-likeness (QED) is 0.771. The van der Waals surface area contributed by atoms with Gasteiger partial charge in [-0.05, 0) is 37.4 Å². The highest BCUT2D eigenvalue weighted by Crippen LogP contribution is 2.41. The fourth-order valence-corrected chi connectivity index (χ4v) is 4.80. The highest BCUT2D eigenvalue weighted by molar-refractivity contribution is 7.99. The van der Waals surface area contributed by atoms with Crippen LogP contribution in [-0.4, -0.2) is 42.2 Å². The molecule has 0 bridgehead atoms. The number of hydrogen-bond donors (Lipinski definition) is 0. The van der Waals surface area contributed by atoms with Crippen LogP contribution < -0.4 is 0 Å². The predicted octanol–water partition coefficient (Wildman–Crippen LogP) is 2.28. The minimum absolute atomic E-state index is 0.00505. The van der Waals surface area contributed by atoms with Gasteiger partial charge in [0.05, 0.1) is 5.60 Å². The largest absolute Gasteiger partial charge is 0.374 e. The van der Waals surface area contributed by atoms with Gasteiger partial charge in [-0.3, -0.25) is 4.79 Å². The van der Waals surface area contributed by atoms with Gasteiger partial charge in [-0.15, -0.1) is 0 Å². The third-order valence-corrected chi connectivity index (χ3v) is 5.85. The van der Waals surface area contributed by atoms with Crippen molar-refractivity contribution in [1.82, 2.24) is 0 Å². The van der Waals surface area contributed by atoms with Crippen LogP contribution in [0.15, 0.2) is 0 Å². The van der Waals surface area contributed by atoms with Crippen LogP contribution in [0.3, 0.4) is 0 Å². The molecule has 3 saturated heterocycles. The lowest BCUT2D eigenvalue weighted by Gasteiger charge is -2.38. The van der Waals surface area contributed by atoms with Gasteiger partial charge in [-0.1, -0.05) is 6.92 Å². The Hall–Kier alpha value is -0.0600. The Labute approximate surface area is 113 Å². The highest BCUT2D eigenvalue weighted by atomic mass is 32.2. The maximum absolute atomic E-state index is 12.6. The normalized spacial score (nSPS) is 44.6. The van der Waals surface area contributed by atoms with Crippen molar-refractivity contribution >= 4 is 17.5 Å². The van der Waals surface area contributed by atoms with E-state index in [0.29, 0.717) is 11.7 Å². The molecule has 3 rings (SSSR count). The van der Waals surface area contributed by atoms with Crippen molar-refractivity contribution in [3.8, 4) is 0 Å². The van der Waals surface area contributed by atoms with E-state index in [1.807, 2.05) is 11.8 Å². The van der Waals surface area contributed by atoms with Gasteiger partial charge < -0.3 is 9.47 Å². The van der Waals surface area contributed by atoms with Gasteiger partial charge in [0.25, 0.3) is 0 Å². The third kappa shape index (κ3) is 2.35. The summed E-state index contributed by atoms with van der Waals surface area (Å²) in [6.45, 7) is 3.63. The van der Waals surface area contributed by atoms with Crippen LogP contribution in [0.2, 0.25) is 0 Å². The van der Waals surface area contributed by atoms with E-state index in [1.165, 1.54) is 5.75 Å². The van der Waals surface area contributed by atoms with Gasteiger partial charge in [0.1, 0.15) is 6.10 Å². The molecular weight excluding hydrogens is 248 g/mol. The van der Waals surface area contributed by atoms with Gasteiger partial charge in [0, 0.05) is 24.9 Å². The smallest absolute Gasteiger partial charge is 0.165 e. The summed E-state index contributed by atoms with van der Waals surface area (Å²) >= 11 is 1.96. The average Bonchev–Trinajstić information content (AvgIpc) is 2.98. The van der Waals surface area contributed by atoms with Crippen LogP contribution in [0.5, 0.6) is 0 Å². The van der Waals surface area contributed by atoms with Crippen molar-refractivity contribution in [3.63, 3.8) is 0 Å². The molecule has 0 radical (unpaired) electrons. The Balaban J connectivity index is 1.66. The second-order valence-corrected chi connectivity index (χ2v) is 7.09. The molecule has 4 atom stereocenters. The Bertz CT molecular complexity index is 325. The molecule has 0 aromatic rings. The van der Waals surface area contributed by atoms with Gasteiger partial charge in [0.2, 0.25) is 0 Å². The van der Waals surface area contributed by atoms with Crippen LogP contribution in [0.1, 0.15) is 32.6 Å². The topological polar surface area (TPSA) is 35.5 Å². The summed E-state index contributed by atoms with van der Waals surface area (Å²) in [6.07, 6.45) is 3.81. The summed E-state index contributed by atoms with van der Waals surface area (Å²) in [6, 6.07) is 0. The summed E-state index contributed by atoms with van der Waals surface area (Å²) in [5.41, 5.74) is 0.00505. The molecular formula is C14H22O3S. The highest BCUT2D eigenvalue weighted by Gasteiger charge is 2.45. The van der Waals surface area contributed by atoms with Crippen molar-refractivity contribution < 1.29 is 14.3 Å². The standard InChI is InChI=1S/C14H22O3S/c1-10-2-5-16-13(10)12(15)11-3-6-17-14(8-11)4-7-18-9-14/h10-11,13H,2-9H2,1H3. The number of Topliss-reactive ketones (excluding diaryl/α,β-unsaturated/α-hetero) is 1. The number of carbonyl (C=O) groups excluding carboxylic acids is 1. The molecule has 3 heterocycles. The van der Waals surface area contributed by atoms with E-state index < -0.39 is 0 Å². The van der Waals surface area contributed by atoms with E-state index in [9.17, 15) is 4.79 Å². The van der Waals surface area contributed by atoms with Crippen molar-refractivity contribution in [3.05, 3.63) is 0 Å². The van der Waals surface area contributed by atoms with E-state index in [1.54, 1.807) is 0 Å². The van der Waals surface area contributed by atoms with Crippen molar-refractivity contribution in [1.29, 1.82) is 0 Å². The Morgan fingerprint density at radius 1 is 1.33 bits per heavy atom. The lowest BCUT2D eigenvalue weighted by molar-refractivity contribution is -0.143. The Morgan fingerprint density at radius 2 is 2.22 bits per heavy atom. The molecule has 0 amide bonds. The first-order valence-corrected chi connectivity index (χ1v) is 8.23. The Morgan fingerprint density at radius 3 is 2.89 bits per heavy atom. The second-order valence-electron chi connectivity index (χ2n) is 5.98. The average molecular weight is 270 g/mol. The van der Waals surface area contributed by atoms with Gasteiger partial charge in [-0.25, -0.2) is 0 Å². The van der Waals surface area contributed by atoms with Crippen molar-refractivity contribution in [2.24, 2.45) is 11.8 Å². The van der Waals surface area contributed by atoms with E-state index in [4.69, 9.17) is 9.47 Å². The summed E-state index contributed by atoms with van der Waals surface area (Å²) in [7, 11) is 0. The minimum atomic E-state index is -0.140. The molecule has 1 spiro atoms. The maximum Gasteiger partial charge on any atom is 0.165 e. The first-order valence-electron chi connectivity index (χ1n) is 7.07. The molecule has 3 aliphatic heterocycles. The molecule has 0 aromatic heterocycles. The Kier molecular flexibility index (Phi) is 3.70. The summed E-state index contributed by atoms with van der Waals surface area (Å²) in [5.74, 6) is 3.16. The molecule has 102 valence electrons. The molecule has 0 saturated carbocycles. The fourth-order valence-electron chi connectivity index (χ4n) is 3.43. The number of thioether (sulfide) groups is 1. The lowest BCUT2D eigenvalue weighted by atomic mass is 9.80. The molecule has 3 aliphatic rings. The lowest BCUT2D eigenvalue weighted by Crippen LogP contribution is -2.44. The fraction of sp³-hybridized carbons (Fsp3) is 0.929. The molecule has 0 N–H and O–H groups in total. The van der Waals surface area contributed by atoms with Crippen LogP contribution in [-0.2, 0) is 14.3 Å². The third-order valence-electron chi connectivity index (χ3n) is 4.63.